The highest BCUT2D eigenvalue weighted by Gasteiger charge is 2.21. The molecule has 0 radical (unpaired) electrons. The molecule has 148 valence electrons. The number of nitrogens with zero attached hydrogens (tertiary/aromatic N) is 2. The molecule has 0 unspecified atom stereocenters. The molecule has 3 aromatic rings. The van der Waals surface area contributed by atoms with Gasteiger partial charge in [-0.25, -0.2) is 4.98 Å². The Balaban J connectivity index is 2.34. The molecule has 0 saturated carbocycles. The predicted molar refractivity (Wildman–Crippen MR) is 113 cm³/mol. The summed E-state index contributed by atoms with van der Waals surface area (Å²) in [5.41, 5.74) is 11.6. The molecule has 0 amide bonds. The van der Waals surface area contributed by atoms with Gasteiger partial charge in [-0.05, 0) is 37.1 Å². The van der Waals surface area contributed by atoms with Crippen LogP contribution in [0.3, 0.4) is 0 Å². The van der Waals surface area contributed by atoms with Crippen LogP contribution in [0.2, 0.25) is 0 Å². The van der Waals surface area contributed by atoms with Gasteiger partial charge in [0.15, 0.2) is 0 Å². The zero-order valence-corrected chi connectivity index (χ0v) is 17.2. The van der Waals surface area contributed by atoms with Gasteiger partial charge in [-0.3, -0.25) is 0 Å². The number of aryl methyl sites for hydroxylation is 2. The number of hydrogen-bond acceptors (Lipinski definition) is 6. The molecule has 0 saturated heterocycles. The van der Waals surface area contributed by atoms with E-state index in [-0.39, 0.29) is 11.4 Å². The predicted octanol–water partition coefficient (Wildman–Crippen LogP) is 4.51. The van der Waals surface area contributed by atoms with E-state index in [1.807, 2.05) is 25.1 Å². The summed E-state index contributed by atoms with van der Waals surface area (Å²) in [5.74, 6) is 1.75. The summed E-state index contributed by atoms with van der Waals surface area (Å²) in [6, 6.07) is 13.6. The zero-order valence-electron chi connectivity index (χ0n) is 17.2. The highest BCUT2D eigenvalue weighted by Crippen LogP contribution is 2.44. The van der Waals surface area contributed by atoms with Crippen molar-refractivity contribution < 1.29 is 14.2 Å². The van der Waals surface area contributed by atoms with Gasteiger partial charge < -0.3 is 19.9 Å². The molecular weight excluding hydrogens is 366 g/mol. The normalized spacial score (nSPS) is 10.3. The first-order valence-corrected chi connectivity index (χ1v) is 9.02. The van der Waals surface area contributed by atoms with Crippen LogP contribution in [0.25, 0.3) is 22.4 Å². The fraction of sp³-hybridized carbons (Fsp3) is 0.217. The zero-order chi connectivity index (χ0) is 21.1. The summed E-state index contributed by atoms with van der Waals surface area (Å²) >= 11 is 0. The summed E-state index contributed by atoms with van der Waals surface area (Å²) < 4.78 is 16.5. The minimum Gasteiger partial charge on any atom is -0.496 e. The topological polar surface area (TPSA) is 90.4 Å². The summed E-state index contributed by atoms with van der Waals surface area (Å²) in [6.07, 6.45) is 0. The van der Waals surface area contributed by atoms with Crippen molar-refractivity contribution in [3.63, 3.8) is 0 Å². The number of benzene rings is 2. The Morgan fingerprint density at radius 2 is 1.55 bits per heavy atom. The minimum absolute atomic E-state index is 0.151. The van der Waals surface area contributed by atoms with E-state index >= 15 is 0 Å². The van der Waals surface area contributed by atoms with Crippen LogP contribution < -0.4 is 19.9 Å². The fourth-order valence-electron chi connectivity index (χ4n) is 3.20. The lowest BCUT2D eigenvalue weighted by molar-refractivity contribution is 0.377. The molecule has 2 N–H and O–H groups in total. The molecule has 0 aliphatic carbocycles. The number of anilines is 1. The maximum atomic E-state index is 9.75. The van der Waals surface area contributed by atoms with E-state index in [2.05, 4.69) is 24.0 Å². The maximum Gasteiger partial charge on any atom is 0.142 e. The lowest BCUT2D eigenvalue weighted by Crippen LogP contribution is -2.02. The molecule has 6 nitrogen and oxygen atoms in total. The number of methoxy groups -OCH3 is 3. The monoisotopic (exact) mass is 389 g/mol. The van der Waals surface area contributed by atoms with E-state index < -0.39 is 0 Å². The number of aromatic nitrogens is 1. The average molecular weight is 389 g/mol. The van der Waals surface area contributed by atoms with Crippen LogP contribution in [0.4, 0.5) is 5.82 Å². The first kappa shape index (κ1) is 20.0. The third kappa shape index (κ3) is 3.67. The molecule has 0 aliphatic heterocycles. The van der Waals surface area contributed by atoms with Crippen molar-refractivity contribution >= 4 is 5.82 Å². The highest BCUT2D eigenvalue weighted by atomic mass is 16.5. The molecule has 0 aliphatic rings. The van der Waals surface area contributed by atoms with Crippen LogP contribution in [0.15, 0.2) is 36.4 Å². The fourth-order valence-corrected chi connectivity index (χ4v) is 3.20. The van der Waals surface area contributed by atoms with E-state index in [4.69, 9.17) is 19.9 Å². The van der Waals surface area contributed by atoms with Gasteiger partial charge in [0.2, 0.25) is 0 Å². The van der Waals surface area contributed by atoms with E-state index in [1.54, 1.807) is 33.5 Å². The lowest BCUT2D eigenvalue weighted by Gasteiger charge is -2.17. The largest absolute Gasteiger partial charge is 0.496 e. The highest BCUT2D eigenvalue weighted by molar-refractivity contribution is 5.87. The SMILES string of the molecule is COc1cc(OC)c(-c2cc(-c3ccc(C)c(C)c3)nc(N)c2C#N)c(OC)c1. The Hall–Kier alpha value is -3.72. The van der Waals surface area contributed by atoms with E-state index in [1.165, 1.54) is 5.56 Å². The van der Waals surface area contributed by atoms with Crippen molar-refractivity contribution in [2.45, 2.75) is 13.8 Å². The van der Waals surface area contributed by atoms with Crippen molar-refractivity contribution in [2.24, 2.45) is 0 Å². The quantitative estimate of drug-likeness (QED) is 0.690. The molecule has 2 aromatic carbocycles. The number of rotatable bonds is 5. The maximum absolute atomic E-state index is 9.75. The third-order valence-electron chi connectivity index (χ3n) is 4.95. The first-order chi connectivity index (χ1) is 13.9. The van der Waals surface area contributed by atoms with E-state index in [0.29, 0.717) is 34.1 Å². The molecule has 1 aromatic heterocycles. The molecule has 0 bridgehead atoms. The van der Waals surface area contributed by atoms with Crippen molar-refractivity contribution in [1.82, 2.24) is 4.98 Å². The van der Waals surface area contributed by atoms with Gasteiger partial charge in [0, 0.05) is 23.3 Å². The molecule has 0 spiro atoms. The van der Waals surface area contributed by atoms with Crippen LogP contribution in [0.1, 0.15) is 16.7 Å². The van der Waals surface area contributed by atoms with Crippen LogP contribution in [0.5, 0.6) is 17.2 Å². The Labute approximate surface area is 170 Å². The van der Waals surface area contributed by atoms with Gasteiger partial charge in [0.25, 0.3) is 0 Å². The van der Waals surface area contributed by atoms with Gasteiger partial charge in [-0.15, -0.1) is 0 Å². The molecule has 1 heterocycles. The van der Waals surface area contributed by atoms with Gasteiger partial charge in [-0.2, -0.15) is 5.26 Å². The number of nitriles is 1. The standard InChI is InChI=1S/C23H23N3O3/c1-13-6-7-15(8-14(13)2)19-11-17(18(12-24)23(25)26-19)22-20(28-4)9-16(27-3)10-21(22)29-5/h6-11H,1-5H3,(H2,25,26). The molecule has 0 fully saturated rings. The van der Waals surface area contributed by atoms with Gasteiger partial charge in [0.05, 0.1) is 32.6 Å². The summed E-state index contributed by atoms with van der Waals surface area (Å²) in [7, 11) is 4.67. The second-order valence-corrected chi connectivity index (χ2v) is 6.63. The smallest absolute Gasteiger partial charge is 0.142 e. The number of ether oxygens (including phenoxy) is 3. The minimum atomic E-state index is 0.151. The summed E-state index contributed by atoms with van der Waals surface area (Å²) in [6.45, 7) is 4.10. The van der Waals surface area contributed by atoms with Crippen LogP contribution in [-0.4, -0.2) is 26.3 Å². The number of pyridine rings is 1. The first-order valence-electron chi connectivity index (χ1n) is 9.02. The molecule has 0 atom stereocenters. The molecule has 3 rings (SSSR count). The second-order valence-electron chi connectivity index (χ2n) is 6.63. The van der Waals surface area contributed by atoms with Crippen molar-refractivity contribution in [2.75, 3.05) is 27.1 Å². The number of nitrogen functional groups attached to an aromatic ring is 1. The van der Waals surface area contributed by atoms with Gasteiger partial charge in [-0.1, -0.05) is 12.1 Å². The van der Waals surface area contributed by atoms with Crippen LogP contribution in [0, 0.1) is 25.2 Å². The lowest BCUT2D eigenvalue weighted by atomic mass is 9.95. The third-order valence-corrected chi connectivity index (χ3v) is 4.95. The Bertz CT molecular complexity index is 1090. The summed E-state index contributed by atoms with van der Waals surface area (Å²) in [5, 5.41) is 9.75. The van der Waals surface area contributed by atoms with E-state index in [0.717, 1.165) is 11.1 Å². The van der Waals surface area contributed by atoms with Gasteiger partial charge >= 0.3 is 0 Å². The average Bonchev–Trinajstić information content (AvgIpc) is 2.73. The Morgan fingerprint density at radius 1 is 0.897 bits per heavy atom. The van der Waals surface area contributed by atoms with Crippen molar-refractivity contribution in [3.8, 4) is 45.7 Å². The summed E-state index contributed by atoms with van der Waals surface area (Å²) in [4.78, 5) is 4.46. The van der Waals surface area contributed by atoms with Crippen LogP contribution in [-0.2, 0) is 0 Å². The number of nitrogens with two attached hydrogens (primary N) is 1. The molecular formula is C23H23N3O3. The Kier molecular flexibility index (Phi) is 5.60. The molecule has 29 heavy (non-hydrogen) atoms. The van der Waals surface area contributed by atoms with Crippen LogP contribution >= 0.6 is 0 Å². The second kappa shape index (κ2) is 8.11. The van der Waals surface area contributed by atoms with Gasteiger partial charge in [0.1, 0.15) is 34.7 Å². The van der Waals surface area contributed by atoms with Crippen molar-refractivity contribution in [1.29, 1.82) is 5.26 Å². The number of hydrogen-bond donors (Lipinski definition) is 1. The van der Waals surface area contributed by atoms with E-state index in [9.17, 15) is 5.26 Å². The van der Waals surface area contributed by atoms with Crippen molar-refractivity contribution in [3.05, 3.63) is 53.1 Å². The Morgan fingerprint density at radius 3 is 2.07 bits per heavy atom. The molecule has 6 heteroatoms.